The fraction of sp³-hybridized carbons (Fsp3) is 0.647. The van der Waals surface area contributed by atoms with Gasteiger partial charge in [0.2, 0.25) is 0 Å². The molecule has 0 bridgehead atoms. The summed E-state index contributed by atoms with van der Waals surface area (Å²) < 4.78 is 1.11. The Hall–Kier alpha value is -0.420. The molecule has 21 heavy (non-hydrogen) atoms. The maximum Gasteiger partial charge on any atom is 0.0307 e. The van der Waals surface area contributed by atoms with Gasteiger partial charge in [-0.2, -0.15) is 0 Å². The number of likely N-dealkylation sites (N-methyl/N-ethyl adjacent to an activating group) is 1. The molecule has 118 valence electrons. The summed E-state index contributed by atoms with van der Waals surface area (Å²) in [5, 5.41) is 0. The number of halogens is 1. The third-order valence-electron chi connectivity index (χ3n) is 4.61. The van der Waals surface area contributed by atoms with E-state index < -0.39 is 0 Å². The standard InChI is InChI=1S/C17H28BrN3/c1-3-21(4-2)16-8-10-20(13-16)11-9-17(19)14-6-5-7-15(18)12-14/h5-7,12,16-17H,3-4,8-11,13,19H2,1-2H3. The van der Waals surface area contributed by atoms with Crippen LogP contribution < -0.4 is 5.73 Å². The van der Waals surface area contributed by atoms with Gasteiger partial charge in [0.15, 0.2) is 0 Å². The van der Waals surface area contributed by atoms with Gasteiger partial charge < -0.3 is 10.6 Å². The van der Waals surface area contributed by atoms with Crippen LogP contribution in [0, 0.1) is 0 Å². The molecule has 3 nitrogen and oxygen atoms in total. The van der Waals surface area contributed by atoms with Crippen LogP contribution in [-0.4, -0.2) is 48.6 Å². The minimum absolute atomic E-state index is 0.134. The molecule has 1 saturated heterocycles. The van der Waals surface area contributed by atoms with Crippen LogP contribution in [-0.2, 0) is 0 Å². The van der Waals surface area contributed by atoms with Crippen molar-refractivity contribution in [3.8, 4) is 0 Å². The van der Waals surface area contributed by atoms with E-state index in [0.717, 1.165) is 36.6 Å². The van der Waals surface area contributed by atoms with E-state index in [2.05, 4.69) is 57.8 Å². The summed E-state index contributed by atoms with van der Waals surface area (Å²) in [5.41, 5.74) is 7.56. The second kappa shape index (κ2) is 8.28. The predicted molar refractivity (Wildman–Crippen MR) is 93.5 cm³/mol. The van der Waals surface area contributed by atoms with E-state index in [1.165, 1.54) is 25.1 Å². The van der Waals surface area contributed by atoms with Crippen molar-refractivity contribution in [2.24, 2.45) is 5.73 Å². The van der Waals surface area contributed by atoms with Crippen LogP contribution in [0.1, 0.15) is 38.3 Å². The molecule has 0 saturated carbocycles. The molecule has 0 amide bonds. The minimum Gasteiger partial charge on any atom is -0.324 e. The Bertz CT molecular complexity index is 434. The molecule has 1 aromatic carbocycles. The van der Waals surface area contributed by atoms with E-state index in [0.29, 0.717) is 0 Å². The van der Waals surface area contributed by atoms with Crippen molar-refractivity contribution >= 4 is 15.9 Å². The van der Waals surface area contributed by atoms with Crippen LogP contribution in [0.2, 0.25) is 0 Å². The van der Waals surface area contributed by atoms with Crippen molar-refractivity contribution in [1.82, 2.24) is 9.80 Å². The highest BCUT2D eigenvalue weighted by molar-refractivity contribution is 9.10. The molecule has 0 radical (unpaired) electrons. The number of benzene rings is 1. The second-order valence-corrected chi connectivity index (χ2v) is 6.83. The average molecular weight is 354 g/mol. The maximum atomic E-state index is 6.33. The van der Waals surface area contributed by atoms with Gasteiger partial charge in [-0.3, -0.25) is 4.90 Å². The lowest BCUT2D eigenvalue weighted by molar-refractivity contribution is 0.209. The van der Waals surface area contributed by atoms with Crippen molar-refractivity contribution in [3.63, 3.8) is 0 Å². The first-order valence-electron chi connectivity index (χ1n) is 8.11. The largest absolute Gasteiger partial charge is 0.324 e. The van der Waals surface area contributed by atoms with Gasteiger partial charge in [0.25, 0.3) is 0 Å². The summed E-state index contributed by atoms with van der Waals surface area (Å²) in [5.74, 6) is 0. The number of rotatable bonds is 7. The van der Waals surface area contributed by atoms with Gasteiger partial charge in [-0.05, 0) is 50.2 Å². The van der Waals surface area contributed by atoms with Crippen molar-refractivity contribution < 1.29 is 0 Å². The van der Waals surface area contributed by atoms with Crippen LogP contribution in [0.25, 0.3) is 0 Å². The summed E-state index contributed by atoms with van der Waals surface area (Å²) >= 11 is 3.52. The van der Waals surface area contributed by atoms with Crippen molar-refractivity contribution in [2.45, 2.75) is 38.8 Å². The van der Waals surface area contributed by atoms with E-state index in [9.17, 15) is 0 Å². The molecule has 1 aromatic rings. The fourth-order valence-corrected chi connectivity index (χ4v) is 3.70. The fourth-order valence-electron chi connectivity index (χ4n) is 3.28. The third kappa shape index (κ3) is 4.78. The van der Waals surface area contributed by atoms with Crippen LogP contribution in [0.5, 0.6) is 0 Å². The van der Waals surface area contributed by atoms with Crippen LogP contribution in [0.4, 0.5) is 0 Å². The number of hydrogen-bond acceptors (Lipinski definition) is 3. The molecule has 4 heteroatoms. The zero-order valence-corrected chi connectivity index (χ0v) is 14.8. The molecule has 1 aliphatic rings. The lowest BCUT2D eigenvalue weighted by Crippen LogP contribution is -2.37. The lowest BCUT2D eigenvalue weighted by atomic mass is 10.0. The normalized spacial score (nSPS) is 21.1. The van der Waals surface area contributed by atoms with E-state index >= 15 is 0 Å². The van der Waals surface area contributed by atoms with E-state index in [1.807, 2.05) is 6.07 Å². The zero-order chi connectivity index (χ0) is 15.2. The number of hydrogen-bond donors (Lipinski definition) is 1. The molecule has 0 aromatic heterocycles. The first-order valence-corrected chi connectivity index (χ1v) is 8.90. The highest BCUT2D eigenvalue weighted by Crippen LogP contribution is 2.21. The van der Waals surface area contributed by atoms with Gasteiger partial charge in [-0.25, -0.2) is 0 Å². The Balaban J connectivity index is 1.79. The SMILES string of the molecule is CCN(CC)C1CCN(CCC(N)c2cccc(Br)c2)C1. The molecule has 0 aliphatic carbocycles. The molecule has 1 fully saturated rings. The molecule has 2 rings (SSSR count). The smallest absolute Gasteiger partial charge is 0.0307 e. The highest BCUT2D eigenvalue weighted by Gasteiger charge is 2.26. The summed E-state index contributed by atoms with van der Waals surface area (Å²) in [4.78, 5) is 5.15. The highest BCUT2D eigenvalue weighted by atomic mass is 79.9. The summed E-state index contributed by atoms with van der Waals surface area (Å²) in [7, 11) is 0. The number of nitrogens with zero attached hydrogens (tertiary/aromatic N) is 2. The summed E-state index contributed by atoms with van der Waals surface area (Å²) in [6, 6.07) is 9.24. The molecule has 2 unspecified atom stereocenters. The Morgan fingerprint density at radius 3 is 2.81 bits per heavy atom. The Kier molecular flexibility index (Phi) is 6.68. The van der Waals surface area contributed by atoms with E-state index in [4.69, 9.17) is 5.73 Å². The Morgan fingerprint density at radius 1 is 1.38 bits per heavy atom. The average Bonchev–Trinajstić information content (AvgIpc) is 2.95. The monoisotopic (exact) mass is 353 g/mol. The van der Waals surface area contributed by atoms with Crippen LogP contribution in [0.3, 0.4) is 0 Å². The zero-order valence-electron chi connectivity index (χ0n) is 13.3. The van der Waals surface area contributed by atoms with Crippen molar-refractivity contribution in [2.75, 3.05) is 32.7 Å². The first kappa shape index (κ1) is 16.9. The van der Waals surface area contributed by atoms with Gasteiger partial charge in [0.05, 0.1) is 0 Å². The Morgan fingerprint density at radius 2 is 2.14 bits per heavy atom. The first-order chi connectivity index (χ1) is 10.1. The third-order valence-corrected chi connectivity index (χ3v) is 5.10. The quantitative estimate of drug-likeness (QED) is 0.816. The van der Waals surface area contributed by atoms with Gasteiger partial charge in [-0.15, -0.1) is 0 Å². The van der Waals surface area contributed by atoms with Crippen LogP contribution >= 0.6 is 15.9 Å². The van der Waals surface area contributed by atoms with Gasteiger partial charge in [0, 0.05) is 29.6 Å². The molecule has 2 N–H and O–H groups in total. The topological polar surface area (TPSA) is 32.5 Å². The second-order valence-electron chi connectivity index (χ2n) is 5.91. The number of nitrogens with two attached hydrogens (primary N) is 1. The molecule has 1 aliphatic heterocycles. The summed E-state index contributed by atoms with van der Waals surface area (Å²) in [6.45, 7) is 10.4. The Labute approximate surface area is 137 Å². The molecule has 2 atom stereocenters. The van der Waals surface area contributed by atoms with E-state index in [1.54, 1.807) is 0 Å². The number of likely N-dealkylation sites (tertiary alicyclic amines) is 1. The lowest BCUT2D eigenvalue weighted by Gasteiger charge is -2.26. The predicted octanol–water partition coefficient (Wildman–Crippen LogP) is 3.26. The van der Waals surface area contributed by atoms with Gasteiger partial charge in [-0.1, -0.05) is 41.9 Å². The minimum atomic E-state index is 0.134. The van der Waals surface area contributed by atoms with Crippen LogP contribution in [0.15, 0.2) is 28.7 Å². The molecular weight excluding hydrogens is 326 g/mol. The molecular formula is C17H28BrN3. The van der Waals surface area contributed by atoms with Gasteiger partial charge in [0.1, 0.15) is 0 Å². The van der Waals surface area contributed by atoms with Crippen molar-refractivity contribution in [1.29, 1.82) is 0 Å². The maximum absolute atomic E-state index is 6.33. The summed E-state index contributed by atoms with van der Waals surface area (Å²) in [6.07, 6.45) is 2.33. The van der Waals surface area contributed by atoms with Gasteiger partial charge >= 0.3 is 0 Å². The van der Waals surface area contributed by atoms with E-state index in [-0.39, 0.29) is 6.04 Å². The molecule has 0 spiro atoms. The molecule has 1 heterocycles. The van der Waals surface area contributed by atoms with Crippen molar-refractivity contribution in [3.05, 3.63) is 34.3 Å².